The highest BCUT2D eigenvalue weighted by Crippen LogP contribution is 2.20. The molecule has 1 aromatic heterocycles. The zero-order valence-electron chi connectivity index (χ0n) is 13.1. The van der Waals surface area contributed by atoms with E-state index >= 15 is 0 Å². The molecular formula is C15H14ClN5O4. The van der Waals surface area contributed by atoms with Gasteiger partial charge in [-0.15, -0.1) is 11.6 Å². The number of nitrogens with one attached hydrogen (secondary N) is 3. The van der Waals surface area contributed by atoms with E-state index in [1.165, 1.54) is 0 Å². The second kappa shape index (κ2) is 6.61. The van der Waals surface area contributed by atoms with Crippen LogP contribution in [0.25, 0.3) is 10.9 Å². The van der Waals surface area contributed by atoms with Crippen molar-refractivity contribution in [3.63, 3.8) is 0 Å². The second-order valence-electron chi connectivity index (χ2n) is 5.41. The summed E-state index contributed by atoms with van der Waals surface area (Å²) in [4.78, 5) is 52.3. The molecule has 3 amide bonds. The van der Waals surface area contributed by atoms with Gasteiger partial charge >= 0.3 is 0 Å². The number of alkyl halides is 1. The Morgan fingerprint density at radius 1 is 1.40 bits per heavy atom. The highest BCUT2D eigenvalue weighted by Gasteiger charge is 2.30. The molecule has 1 aliphatic rings. The molecule has 9 nitrogen and oxygen atoms in total. The fraction of sp³-hybridized carbons (Fsp3) is 0.267. The van der Waals surface area contributed by atoms with Crippen molar-refractivity contribution < 1.29 is 14.4 Å². The Hall–Kier alpha value is -2.78. The smallest absolute Gasteiger partial charge is 0.265 e. The van der Waals surface area contributed by atoms with Crippen LogP contribution >= 0.6 is 11.6 Å². The first-order valence-corrected chi connectivity index (χ1v) is 7.90. The van der Waals surface area contributed by atoms with Gasteiger partial charge in [0, 0.05) is 0 Å². The summed E-state index contributed by atoms with van der Waals surface area (Å²) in [6.45, 7) is 1.47. The number of piperazine rings is 1. The van der Waals surface area contributed by atoms with Crippen molar-refractivity contribution in [1.82, 2.24) is 20.2 Å². The molecule has 1 aromatic carbocycles. The van der Waals surface area contributed by atoms with Gasteiger partial charge in [0.15, 0.2) is 6.17 Å². The van der Waals surface area contributed by atoms with Crippen LogP contribution in [-0.2, 0) is 14.4 Å². The Balaban J connectivity index is 2.19. The van der Waals surface area contributed by atoms with Crippen LogP contribution in [0, 0.1) is 6.92 Å². The van der Waals surface area contributed by atoms with Crippen LogP contribution in [0.5, 0.6) is 0 Å². The maximum absolute atomic E-state index is 13.0. The van der Waals surface area contributed by atoms with Crippen LogP contribution in [0.15, 0.2) is 23.0 Å². The predicted molar refractivity (Wildman–Crippen MR) is 90.3 cm³/mol. The van der Waals surface area contributed by atoms with Crippen LogP contribution in [0.4, 0.5) is 5.69 Å². The molecular weight excluding hydrogens is 350 g/mol. The maximum atomic E-state index is 13.0. The van der Waals surface area contributed by atoms with Gasteiger partial charge < -0.3 is 5.32 Å². The number of hydrogen-bond acceptors (Lipinski definition) is 6. The first-order valence-electron chi connectivity index (χ1n) is 7.37. The van der Waals surface area contributed by atoms with Crippen molar-refractivity contribution in [1.29, 1.82) is 0 Å². The minimum atomic E-state index is -1.07. The molecule has 2 aromatic rings. The lowest BCUT2D eigenvalue weighted by molar-refractivity contribution is -0.136. The minimum absolute atomic E-state index is 0.106. The van der Waals surface area contributed by atoms with Gasteiger partial charge in [0.1, 0.15) is 11.7 Å². The summed E-state index contributed by atoms with van der Waals surface area (Å²) in [5.74, 6) is -1.57. The van der Waals surface area contributed by atoms with E-state index in [0.717, 1.165) is 4.57 Å². The largest absolute Gasteiger partial charge is 0.324 e. The van der Waals surface area contributed by atoms with E-state index in [1.54, 1.807) is 25.1 Å². The molecule has 1 saturated heterocycles. The standard InChI is InChI=1S/C15H14ClN5O4/c1-7-18-8-3-2-4-9(19-10(22)5-16)12(8)15(25)21(7)13-14(24)20-11(23)6-17-13/h2-4,13,17H,5-6H2,1H3,(H,19,22)(H,20,23,24). The zero-order valence-corrected chi connectivity index (χ0v) is 13.9. The molecule has 1 aliphatic heterocycles. The Morgan fingerprint density at radius 2 is 2.16 bits per heavy atom. The van der Waals surface area contributed by atoms with Crippen molar-refractivity contribution in [3.8, 4) is 0 Å². The molecule has 0 radical (unpaired) electrons. The van der Waals surface area contributed by atoms with Crippen LogP contribution in [0.1, 0.15) is 12.0 Å². The molecule has 0 bridgehead atoms. The van der Waals surface area contributed by atoms with E-state index in [2.05, 4.69) is 20.9 Å². The monoisotopic (exact) mass is 363 g/mol. The number of halogens is 1. The number of benzene rings is 1. The van der Waals surface area contributed by atoms with Gasteiger partial charge in [0.2, 0.25) is 11.8 Å². The quantitative estimate of drug-likeness (QED) is 0.505. The fourth-order valence-corrected chi connectivity index (χ4v) is 2.75. The summed E-state index contributed by atoms with van der Waals surface area (Å²) in [6.07, 6.45) is -1.07. The molecule has 10 heteroatoms. The van der Waals surface area contributed by atoms with Crippen molar-refractivity contribution in [2.24, 2.45) is 0 Å². The Morgan fingerprint density at radius 3 is 2.84 bits per heavy atom. The summed E-state index contributed by atoms with van der Waals surface area (Å²) >= 11 is 5.50. The summed E-state index contributed by atoms with van der Waals surface area (Å²) < 4.78 is 1.15. The van der Waals surface area contributed by atoms with E-state index in [-0.39, 0.29) is 23.5 Å². The lowest BCUT2D eigenvalue weighted by Gasteiger charge is -2.25. The molecule has 3 N–H and O–H groups in total. The molecule has 0 aliphatic carbocycles. The SMILES string of the molecule is Cc1nc2cccc(NC(=O)CCl)c2c(=O)n1C1NCC(=O)NC1=O. The third-order valence-corrected chi connectivity index (χ3v) is 3.97. The molecule has 1 unspecified atom stereocenters. The lowest BCUT2D eigenvalue weighted by atomic mass is 10.2. The summed E-state index contributed by atoms with van der Waals surface area (Å²) in [5, 5.41) is 7.57. The highest BCUT2D eigenvalue weighted by molar-refractivity contribution is 6.29. The molecule has 1 fully saturated rings. The van der Waals surface area contributed by atoms with Gasteiger partial charge in [0.25, 0.3) is 11.5 Å². The van der Waals surface area contributed by atoms with Crippen molar-refractivity contribution >= 4 is 45.9 Å². The number of aryl methyl sites for hydroxylation is 1. The minimum Gasteiger partial charge on any atom is -0.324 e. The Kier molecular flexibility index (Phi) is 4.51. The zero-order chi connectivity index (χ0) is 18.1. The Bertz CT molecular complexity index is 955. The highest BCUT2D eigenvalue weighted by atomic mass is 35.5. The number of carbonyl (C=O) groups is 3. The third kappa shape index (κ3) is 3.11. The van der Waals surface area contributed by atoms with E-state index < -0.39 is 29.4 Å². The number of hydrogen-bond donors (Lipinski definition) is 3. The number of aromatic nitrogens is 2. The van der Waals surface area contributed by atoms with Gasteiger partial charge in [-0.1, -0.05) is 6.07 Å². The average Bonchev–Trinajstić information content (AvgIpc) is 2.56. The molecule has 130 valence electrons. The second-order valence-corrected chi connectivity index (χ2v) is 5.68. The van der Waals surface area contributed by atoms with Gasteiger partial charge in [-0.2, -0.15) is 0 Å². The maximum Gasteiger partial charge on any atom is 0.265 e. The van der Waals surface area contributed by atoms with Crippen molar-refractivity contribution in [2.75, 3.05) is 17.7 Å². The number of fused-ring (bicyclic) bond motifs is 1. The number of carbonyl (C=O) groups excluding carboxylic acids is 3. The summed E-state index contributed by atoms with van der Waals surface area (Å²) in [6, 6.07) is 4.82. The van der Waals surface area contributed by atoms with Gasteiger partial charge in [-0.05, 0) is 19.1 Å². The lowest BCUT2D eigenvalue weighted by Crippen LogP contribution is -2.55. The van der Waals surface area contributed by atoms with Crippen LogP contribution in [-0.4, -0.2) is 39.7 Å². The van der Waals surface area contributed by atoms with E-state index in [1.807, 2.05) is 0 Å². The van der Waals surface area contributed by atoms with Crippen LogP contribution < -0.4 is 21.5 Å². The number of imide groups is 1. The third-order valence-electron chi connectivity index (χ3n) is 3.73. The normalized spacial score (nSPS) is 17.4. The number of amides is 3. The Labute approximate surface area is 146 Å². The number of nitrogens with zero attached hydrogens (tertiary/aromatic N) is 2. The van der Waals surface area contributed by atoms with Crippen molar-refractivity contribution in [3.05, 3.63) is 34.4 Å². The summed E-state index contributed by atoms with van der Waals surface area (Å²) in [7, 11) is 0. The summed E-state index contributed by atoms with van der Waals surface area (Å²) in [5.41, 5.74) is 0.107. The average molecular weight is 364 g/mol. The van der Waals surface area contributed by atoms with E-state index in [9.17, 15) is 19.2 Å². The van der Waals surface area contributed by atoms with Gasteiger partial charge in [-0.25, -0.2) is 4.98 Å². The topological polar surface area (TPSA) is 122 Å². The molecule has 2 heterocycles. The molecule has 0 saturated carbocycles. The first kappa shape index (κ1) is 17.1. The number of anilines is 1. The van der Waals surface area contributed by atoms with E-state index in [4.69, 9.17) is 11.6 Å². The molecule has 1 atom stereocenters. The number of rotatable bonds is 3. The fourth-order valence-electron chi connectivity index (χ4n) is 2.69. The molecule has 3 rings (SSSR count). The molecule has 0 spiro atoms. The predicted octanol–water partition coefficient (Wildman–Crippen LogP) is -0.373. The first-order chi connectivity index (χ1) is 11.9. The molecule has 25 heavy (non-hydrogen) atoms. The van der Waals surface area contributed by atoms with Gasteiger partial charge in [-0.3, -0.25) is 34.4 Å². The van der Waals surface area contributed by atoms with Crippen LogP contribution in [0.3, 0.4) is 0 Å². The van der Waals surface area contributed by atoms with E-state index in [0.29, 0.717) is 11.3 Å². The van der Waals surface area contributed by atoms with Gasteiger partial charge in [0.05, 0.1) is 23.1 Å². The van der Waals surface area contributed by atoms with Crippen LogP contribution in [0.2, 0.25) is 0 Å². The van der Waals surface area contributed by atoms with Crippen molar-refractivity contribution in [2.45, 2.75) is 13.1 Å².